The van der Waals surface area contributed by atoms with E-state index in [1.807, 2.05) is 41.8 Å². The number of anilines is 1. The van der Waals surface area contributed by atoms with Crippen molar-refractivity contribution in [1.29, 1.82) is 0 Å². The van der Waals surface area contributed by atoms with Crippen LogP contribution in [0.15, 0.2) is 70.5 Å². The summed E-state index contributed by atoms with van der Waals surface area (Å²) in [6, 6.07) is 20.2. The summed E-state index contributed by atoms with van der Waals surface area (Å²) in [6.07, 6.45) is 0. The number of rotatable bonds is 6. The zero-order chi connectivity index (χ0) is 19.5. The first-order valence-corrected chi connectivity index (χ1v) is 10.6. The molecule has 4 aromatic rings. The third-order valence-corrected chi connectivity index (χ3v) is 5.93. The molecule has 3 nitrogen and oxygen atoms in total. The van der Waals surface area contributed by atoms with Crippen molar-refractivity contribution in [1.82, 2.24) is 4.98 Å². The number of aromatic nitrogens is 1. The molecule has 0 radical (unpaired) electrons. The van der Waals surface area contributed by atoms with E-state index in [1.54, 1.807) is 11.3 Å². The number of halogens is 1. The van der Waals surface area contributed by atoms with Gasteiger partial charge in [0.1, 0.15) is 5.69 Å². The molecule has 142 valence electrons. The molecule has 0 unspecified atom stereocenters. The van der Waals surface area contributed by atoms with Crippen LogP contribution in [-0.2, 0) is 0 Å². The monoisotopic (exact) mass is 408 g/mol. The number of hydrogen-bond donors (Lipinski definition) is 0. The highest BCUT2D eigenvalue weighted by atomic mass is 35.5. The van der Waals surface area contributed by atoms with Crippen molar-refractivity contribution >= 4 is 28.6 Å². The molecule has 0 aliphatic carbocycles. The largest absolute Gasteiger partial charge is 0.435 e. The predicted molar refractivity (Wildman–Crippen MR) is 119 cm³/mol. The molecule has 0 atom stereocenters. The van der Waals surface area contributed by atoms with Crippen molar-refractivity contribution in [3.05, 3.63) is 71.1 Å². The van der Waals surface area contributed by atoms with Crippen molar-refractivity contribution < 1.29 is 4.42 Å². The van der Waals surface area contributed by atoms with Crippen LogP contribution in [0, 0.1) is 0 Å². The van der Waals surface area contributed by atoms with Gasteiger partial charge in [-0.25, -0.2) is 4.98 Å². The van der Waals surface area contributed by atoms with Gasteiger partial charge in [-0.3, -0.25) is 0 Å². The quantitative estimate of drug-likeness (QED) is 0.336. The SMILES string of the molecule is CCN(CC)c1ccc(-c2oc(-c3cccs3)nc2-c2ccccc2Cl)cc1. The van der Waals surface area contributed by atoms with Gasteiger partial charge in [0.25, 0.3) is 0 Å². The molecule has 0 spiro atoms. The molecule has 28 heavy (non-hydrogen) atoms. The maximum absolute atomic E-state index is 6.47. The van der Waals surface area contributed by atoms with E-state index in [9.17, 15) is 0 Å². The number of oxazole rings is 1. The fourth-order valence-electron chi connectivity index (χ4n) is 3.27. The van der Waals surface area contributed by atoms with E-state index in [0.29, 0.717) is 10.9 Å². The lowest BCUT2D eigenvalue weighted by Crippen LogP contribution is -2.21. The fraction of sp³-hybridized carbons (Fsp3) is 0.174. The van der Waals surface area contributed by atoms with Crippen molar-refractivity contribution in [2.24, 2.45) is 0 Å². The lowest BCUT2D eigenvalue weighted by atomic mass is 10.1. The maximum atomic E-state index is 6.47. The predicted octanol–water partition coefficient (Wildman–Crippen LogP) is 7.24. The van der Waals surface area contributed by atoms with Gasteiger partial charge in [-0.05, 0) is 55.6 Å². The van der Waals surface area contributed by atoms with Crippen molar-refractivity contribution in [3.63, 3.8) is 0 Å². The van der Waals surface area contributed by atoms with Gasteiger partial charge in [0.2, 0.25) is 5.89 Å². The summed E-state index contributed by atoms with van der Waals surface area (Å²) in [6.45, 7) is 6.28. The van der Waals surface area contributed by atoms with Gasteiger partial charge in [-0.1, -0.05) is 35.9 Å². The first-order valence-electron chi connectivity index (χ1n) is 9.36. The topological polar surface area (TPSA) is 29.3 Å². The van der Waals surface area contributed by atoms with E-state index in [-0.39, 0.29) is 0 Å². The standard InChI is InChI=1S/C23H21ClN2OS/c1-3-26(4-2)17-13-11-16(12-14-17)22-21(18-8-5-6-9-19(18)24)25-23(27-22)20-10-7-15-28-20/h5-15H,3-4H2,1-2H3. The van der Waals surface area contributed by atoms with Crippen LogP contribution in [0.4, 0.5) is 5.69 Å². The second-order valence-corrected chi connectivity index (χ2v) is 7.73. The molecule has 0 N–H and O–H groups in total. The minimum absolute atomic E-state index is 0.618. The van der Waals surface area contributed by atoms with E-state index in [1.165, 1.54) is 5.69 Å². The third-order valence-electron chi connectivity index (χ3n) is 4.75. The van der Waals surface area contributed by atoms with Crippen LogP contribution in [0.5, 0.6) is 0 Å². The van der Waals surface area contributed by atoms with Crippen LogP contribution < -0.4 is 4.90 Å². The molecule has 2 aromatic heterocycles. The van der Waals surface area contributed by atoms with Crippen LogP contribution >= 0.6 is 22.9 Å². The van der Waals surface area contributed by atoms with E-state index in [4.69, 9.17) is 21.0 Å². The molecule has 0 aliphatic rings. The normalized spacial score (nSPS) is 11.0. The Morgan fingerprint density at radius 3 is 2.36 bits per heavy atom. The van der Waals surface area contributed by atoms with Gasteiger partial charge in [0.15, 0.2) is 5.76 Å². The smallest absolute Gasteiger partial charge is 0.237 e. The Hall–Kier alpha value is -2.56. The molecule has 5 heteroatoms. The van der Waals surface area contributed by atoms with Crippen molar-refractivity contribution in [2.75, 3.05) is 18.0 Å². The highest BCUT2D eigenvalue weighted by molar-refractivity contribution is 7.13. The van der Waals surface area contributed by atoms with Gasteiger partial charge in [-0.2, -0.15) is 0 Å². The highest BCUT2D eigenvalue weighted by Crippen LogP contribution is 2.39. The van der Waals surface area contributed by atoms with Crippen LogP contribution in [-0.4, -0.2) is 18.1 Å². The Kier molecular flexibility index (Phi) is 5.51. The van der Waals surface area contributed by atoms with Gasteiger partial charge in [-0.15, -0.1) is 11.3 Å². The number of nitrogens with zero attached hydrogens (tertiary/aromatic N) is 2. The lowest BCUT2D eigenvalue weighted by molar-refractivity contribution is 0.591. The summed E-state index contributed by atoms with van der Waals surface area (Å²) < 4.78 is 6.23. The maximum Gasteiger partial charge on any atom is 0.237 e. The zero-order valence-electron chi connectivity index (χ0n) is 15.9. The van der Waals surface area contributed by atoms with E-state index >= 15 is 0 Å². The molecule has 2 heterocycles. The Labute approximate surface area is 174 Å². The second kappa shape index (κ2) is 8.21. The number of benzene rings is 2. The molecule has 0 aliphatic heterocycles. The van der Waals surface area contributed by atoms with Crippen molar-refractivity contribution in [2.45, 2.75) is 13.8 Å². The van der Waals surface area contributed by atoms with Gasteiger partial charge < -0.3 is 9.32 Å². The van der Waals surface area contributed by atoms with Crippen LogP contribution in [0.25, 0.3) is 33.3 Å². The summed E-state index contributed by atoms with van der Waals surface area (Å²) >= 11 is 8.08. The van der Waals surface area contributed by atoms with Crippen LogP contribution in [0.3, 0.4) is 0 Å². The van der Waals surface area contributed by atoms with Gasteiger partial charge in [0.05, 0.1) is 9.90 Å². The van der Waals surface area contributed by atoms with Crippen LogP contribution in [0.2, 0.25) is 5.02 Å². The summed E-state index contributed by atoms with van der Waals surface area (Å²) in [4.78, 5) is 8.11. The minimum atomic E-state index is 0.618. The van der Waals surface area contributed by atoms with Crippen LogP contribution in [0.1, 0.15) is 13.8 Å². The molecule has 0 saturated carbocycles. The average molecular weight is 409 g/mol. The lowest BCUT2D eigenvalue weighted by Gasteiger charge is -2.21. The Morgan fingerprint density at radius 2 is 1.71 bits per heavy atom. The summed E-state index contributed by atoms with van der Waals surface area (Å²) in [5.74, 6) is 1.36. The second-order valence-electron chi connectivity index (χ2n) is 6.37. The number of thiophene rings is 1. The van der Waals surface area contributed by atoms with Crippen molar-refractivity contribution in [3.8, 4) is 33.3 Å². The van der Waals surface area contributed by atoms with E-state index in [0.717, 1.165) is 40.5 Å². The summed E-state index contributed by atoms with van der Waals surface area (Å²) in [5, 5.41) is 2.68. The van der Waals surface area contributed by atoms with Gasteiger partial charge in [0, 0.05) is 29.9 Å². The Morgan fingerprint density at radius 1 is 0.964 bits per heavy atom. The molecule has 4 rings (SSSR count). The average Bonchev–Trinajstić information content (AvgIpc) is 3.40. The Balaban J connectivity index is 1.82. The molecule has 2 aromatic carbocycles. The fourth-order valence-corrected chi connectivity index (χ4v) is 4.14. The molecular weight excluding hydrogens is 388 g/mol. The zero-order valence-corrected chi connectivity index (χ0v) is 17.4. The first kappa shape index (κ1) is 18.8. The highest BCUT2D eigenvalue weighted by Gasteiger charge is 2.20. The Bertz CT molecular complexity index is 1050. The molecule has 0 amide bonds. The van der Waals surface area contributed by atoms with E-state index in [2.05, 4.69) is 43.0 Å². The summed E-state index contributed by atoms with van der Waals surface area (Å²) in [5.41, 5.74) is 3.83. The molecular formula is C23H21ClN2OS. The minimum Gasteiger partial charge on any atom is -0.435 e. The van der Waals surface area contributed by atoms with E-state index < -0.39 is 0 Å². The number of hydrogen-bond acceptors (Lipinski definition) is 4. The molecule has 0 bridgehead atoms. The summed E-state index contributed by atoms with van der Waals surface area (Å²) in [7, 11) is 0. The molecule has 0 fully saturated rings. The molecule has 0 saturated heterocycles. The van der Waals surface area contributed by atoms with Gasteiger partial charge >= 0.3 is 0 Å². The first-order chi connectivity index (χ1) is 13.7. The third kappa shape index (κ3) is 3.58.